The summed E-state index contributed by atoms with van der Waals surface area (Å²) in [6, 6.07) is 15.7. The molecule has 3 aromatic rings. The third kappa shape index (κ3) is 5.47. The summed E-state index contributed by atoms with van der Waals surface area (Å²) in [7, 11) is -3.70. The molecule has 192 valence electrons. The number of fused-ring (bicyclic) bond motifs is 3. The van der Waals surface area contributed by atoms with E-state index in [1.165, 1.54) is 24.8 Å². The lowest BCUT2D eigenvalue weighted by molar-refractivity contribution is 0.0703. The number of hydrogen-bond acceptors (Lipinski definition) is 7. The van der Waals surface area contributed by atoms with E-state index in [0.717, 1.165) is 5.56 Å². The first-order valence-corrected chi connectivity index (χ1v) is 13.8. The minimum atomic E-state index is -5.17. The molecule has 11 heteroatoms. The van der Waals surface area contributed by atoms with Crippen LogP contribution in [0.3, 0.4) is 0 Å². The van der Waals surface area contributed by atoms with E-state index in [-0.39, 0.29) is 24.3 Å². The molecule has 1 amide bonds. The van der Waals surface area contributed by atoms with Crippen LogP contribution in [-0.4, -0.2) is 38.6 Å². The number of hydrogen-bond donors (Lipinski definition) is 0. The summed E-state index contributed by atoms with van der Waals surface area (Å²) in [5.74, 6) is 0.382. The molecule has 3 aromatic carbocycles. The summed E-state index contributed by atoms with van der Waals surface area (Å²) in [4.78, 5) is 19.9. The van der Waals surface area contributed by atoms with Gasteiger partial charge >= 0.3 is 10.5 Å². The Bertz CT molecular complexity index is 1510. The Morgan fingerprint density at radius 1 is 1.08 bits per heavy atom. The average molecular weight is 589 g/mol. The van der Waals surface area contributed by atoms with Gasteiger partial charge in [-0.3, -0.25) is 9.79 Å². The zero-order chi connectivity index (χ0) is 26.2. The Balaban J connectivity index is 1.42. The van der Waals surface area contributed by atoms with Crippen molar-refractivity contribution in [3.8, 4) is 17.2 Å². The van der Waals surface area contributed by atoms with Gasteiger partial charge in [0, 0.05) is 24.2 Å². The van der Waals surface area contributed by atoms with Crippen LogP contribution in [0.1, 0.15) is 32.6 Å². The van der Waals surface area contributed by atoms with Crippen LogP contribution in [0.25, 0.3) is 0 Å². The second-order valence-electron chi connectivity index (χ2n) is 8.66. The summed E-state index contributed by atoms with van der Waals surface area (Å²) < 4.78 is 50.8. The third-order valence-corrected chi connectivity index (χ3v) is 7.26. The van der Waals surface area contributed by atoms with Gasteiger partial charge in [-0.15, -0.1) is 0 Å². The van der Waals surface area contributed by atoms with Gasteiger partial charge in [-0.25, -0.2) is 0 Å². The van der Waals surface area contributed by atoms with Gasteiger partial charge < -0.3 is 18.6 Å². The predicted molar refractivity (Wildman–Crippen MR) is 139 cm³/mol. The van der Waals surface area contributed by atoms with E-state index in [2.05, 4.69) is 31.2 Å². The highest BCUT2D eigenvalue weighted by Crippen LogP contribution is 2.39. The van der Waals surface area contributed by atoms with E-state index < -0.39 is 10.5 Å². The van der Waals surface area contributed by atoms with E-state index >= 15 is 0 Å². The number of ether oxygens (including phenoxy) is 2. The van der Waals surface area contributed by atoms with Gasteiger partial charge in [0.2, 0.25) is 0 Å². The number of halogens is 2. The Kier molecular flexibility index (Phi) is 6.91. The smallest absolute Gasteiger partial charge is 0.488 e. The second-order valence-corrected chi connectivity index (χ2v) is 10.2. The first-order valence-electron chi connectivity index (χ1n) is 11.3. The molecular formula is C26H22BrFN2O6S. The molecule has 2 aliphatic heterocycles. The van der Waals surface area contributed by atoms with Crippen LogP contribution in [0.15, 0.2) is 59.6 Å². The maximum Gasteiger partial charge on any atom is 0.488 e. The number of methoxy groups -OCH3 is 1. The number of nitrogens with zero attached hydrogens (tertiary/aromatic N) is 2. The van der Waals surface area contributed by atoms with Gasteiger partial charge in [0.1, 0.15) is 12.4 Å². The van der Waals surface area contributed by atoms with Crippen molar-refractivity contribution in [3.63, 3.8) is 0 Å². The predicted octanol–water partition coefficient (Wildman–Crippen LogP) is 5.05. The summed E-state index contributed by atoms with van der Waals surface area (Å²) in [5.41, 5.74) is 4.40. The van der Waals surface area contributed by atoms with E-state index in [1.807, 2.05) is 23.1 Å². The molecule has 8 nitrogen and oxygen atoms in total. The monoisotopic (exact) mass is 588 g/mol. The highest BCUT2D eigenvalue weighted by Gasteiger charge is 2.33. The van der Waals surface area contributed by atoms with Crippen molar-refractivity contribution in [3.05, 3.63) is 82.4 Å². The first kappa shape index (κ1) is 25.2. The first-order chi connectivity index (χ1) is 17.7. The van der Waals surface area contributed by atoms with Crippen molar-refractivity contribution >= 4 is 44.2 Å². The number of benzene rings is 3. The Hall–Kier alpha value is -3.44. The fourth-order valence-corrected chi connectivity index (χ4v) is 5.19. The van der Waals surface area contributed by atoms with E-state index in [9.17, 15) is 17.1 Å². The molecule has 5 rings (SSSR count). The van der Waals surface area contributed by atoms with Crippen molar-refractivity contribution < 1.29 is 30.8 Å². The molecule has 0 aromatic heterocycles. The lowest BCUT2D eigenvalue weighted by atomic mass is 9.94. The van der Waals surface area contributed by atoms with E-state index in [1.54, 1.807) is 24.4 Å². The zero-order valence-electron chi connectivity index (χ0n) is 19.7. The molecule has 0 radical (unpaired) electrons. The molecule has 0 bridgehead atoms. The van der Waals surface area contributed by atoms with Crippen LogP contribution in [0.4, 0.5) is 9.57 Å². The topological polar surface area (TPSA) is 94.5 Å². The van der Waals surface area contributed by atoms with Crippen molar-refractivity contribution in [2.45, 2.75) is 30.9 Å². The Labute approximate surface area is 222 Å². The van der Waals surface area contributed by atoms with Crippen LogP contribution in [0.2, 0.25) is 0 Å². The number of alkyl halides is 1. The van der Waals surface area contributed by atoms with Gasteiger partial charge in [-0.05, 0) is 46.9 Å². The van der Waals surface area contributed by atoms with Crippen LogP contribution in [0, 0.1) is 0 Å². The SMILES string of the molecule is COc1cc2c(cc1OCc1cc(CBr)cc(OS(=O)(=O)F)c1)N=C[C@@H]1Cc3ccccc3CN1C2=O. The number of amides is 1. The molecule has 0 spiro atoms. The highest BCUT2D eigenvalue weighted by molar-refractivity contribution is 9.08. The van der Waals surface area contributed by atoms with Crippen molar-refractivity contribution in [2.24, 2.45) is 4.99 Å². The molecular weight excluding hydrogens is 567 g/mol. The van der Waals surface area contributed by atoms with Gasteiger partial charge in [0.05, 0.1) is 24.4 Å². The standard InChI is InChI=1S/C26H22BrFN2O6S/c1-34-24-10-22-23(29-13-20-9-18-4-2-3-5-19(18)14-30(20)26(22)31)11-25(24)35-15-17-6-16(12-27)7-21(8-17)36-37(28,32)33/h2-8,10-11,13,20H,9,12,14-15H2,1H3/t20-/m0/s1. The second kappa shape index (κ2) is 10.1. The molecule has 0 saturated carbocycles. The van der Waals surface area contributed by atoms with Crippen LogP contribution >= 0.6 is 15.9 Å². The molecule has 2 heterocycles. The Morgan fingerprint density at radius 3 is 2.57 bits per heavy atom. The molecule has 0 fully saturated rings. The van der Waals surface area contributed by atoms with E-state index in [0.29, 0.717) is 52.2 Å². The van der Waals surface area contributed by atoms with Crippen molar-refractivity contribution in [1.82, 2.24) is 4.90 Å². The van der Waals surface area contributed by atoms with Crippen LogP contribution in [-0.2, 0) is 35.4 Å². The quantitative estimate of drug-likeness (QED) is 0.283. The van der Waals surface area contributed by atoms with Crippen molar-refractivity contribution in [2.75, 3.05) is 7.11 Å². The van der Waals surface area contributed by atoms with Gasteiger partial charge in [0.25, 0.3) is 5.91 Å². The maximum atomic E-state index is 13.5. The fraction of sp³-hybridized carbons (Fsp3) is 0.231. The molecule has 37 heavy (non-hydrogen) atoms. The normalized spacial score (nSPS) is 16.4. The van der Waals surface area contributed by atoms with Crippen LogP contribution in [0.5, 0.6) is 17.2 Å². The molecule has 0 unspecified atom stereocenters. The fourth-order valence-electron chi connectivity index (χ4n) is 4.54. The molecule has 0 N–H and O–H groups in total. The summed E-state index contributed by atoms with van der Waals surface area (Å²) in [6.45, 7) is 0.495. The Morgan fingerprint density at radius 2 is 1.84 bits per heavy atom. The van der Waals surface area contributed by atoms with Gasteiger partial charge in [-0.2, -0.15) is 8.42 Å². The minimum Gasteiger partial charge on any atom is -0.493 e. The van der Waals surface area contributed by atoms with Crippen molar-refractivity contribution in [1.29, 1.82) is 0 Å². The number of carbonyl (C=O) groups is 1. The van der Waals surface area contributed by atoms with Crippen LogP contribution < -0.4 is 13.7 Å². The summed E-state index contributed by atoms with van der Waals surface area (Å²) in [6.07, 6.45) is 2.47. The summed E-state index contributed by atoms with van der Waals surface area (Å²) >= 11 is 3.30. The van der Waals surface area contributed by atoms with Gasteiger partial charge in [0.15, 0.2) is 11.5 Å². The lowest BCUT2D eigenvalue weighted by Crippen LogP contribution is -2.44. The largest absolute Gasteiger partial charge is 0.493 e. The lowest BCUT2D eigenvalue weighted by Gasteiger charge is -2.34. The molecule has 0 saturated heterocycles. The third-order valence-electron chi connectivity index (χ3n) is 6.22. The number of rotatable bonds is 7. The minimum absolute atomic E-state index is 0.000397. The average Bonchev–Trinajstić information content (AvgIpc) is 3.00. The zero-order valence-corrected chi connectivity index (χ0v) is 22.1. The number of carbonyl (C=O) groups excluding carboxylic acids is 1. The molecule has 1 atom stereocenters. The molecule has 0 aliphatic carbocycles. The molecule has 2 aliphatic rings. The van der Waals surface area contributed by atoms with E-state index in [4.69, 9.17) is 9.47 Å². The summed E-state index contributed by atoms with van der Waals surface area (Å²) in [5, 5.41) is 0.393. The highest BCUT2D eigenvalue weighted by atomic mass is 79.9. The number of aliphatic imine (C=N–C) groups is 1. The van der Waals surface area contributed by atoms with Gasteiger partial charge in [-0.1, -0.05) is 50.1 Å². The maximum absolute atomic E-state index is 13.5.